The van der Waals surface area contributed by atoms with Crippen molar-refractivity contribution in [1.29, 1.82) is 0 Å². The number of hydrogen-bond acceptors (Lipinski definition) is 4. The molecule has 1 fully saturated rings. The number of hydrogen-bond donors (Lipinski definition) is 3. The van der Waals surface area contributed by atoms with Gasteiger partial charge in [0.15, 0.2) is 0 Å². The number of ether oxygens (including phenoxy) is 1. The SMILES string of the molecule is OC1CCOC(O)(c2ccccc2Cc2ccccc2)C1O. The minimum absolute atomic E-state index is 0.203. The largest absolute Gasteiger partial charge is 0.390 e. The highest BCUT2D eigenvalue weighted by atomic mass is 16.6. The van der Waals surface area contributed by atoms with E-state index in [9.17, 15) is 15.3 Å². The van der Waals surface area contributed by atoms with E-state index >= 15 is 0 Å². The number of aliphatic hydroxyl groups is 3. The molecule has 3 rings (SSSR count). The molecule has 0 saturated carbocycles. The Bertz CT molecular complexity index is 628. The summed E-state index contributed by atoms with van der Waals surface area (Å²) in [5.41, 5.74) is 2.47. The average molecular weight is 300 g/mol. The molecule has 1 heterocycles. The van der Waals surface area contributed by atoms with Gasteiger partial charge in [0.25, 0.3) is 0 Å². The molecule has 2 aromatic carbocycles. The zero-order valence-corrected chi connectivity index (χ0v) is 12.2. The minimum atomic E-state index is -1.87. The van der Waals surface area contributed by atoms with Crippen molar-refractivity contribution in [2.24, 2.45) is 0 Å². The molecule has 116 valence electrons. The van der Waals surface area contributed by atoms with Crippen LogP contribution in [-0.2, 0) is 16.9 Å². The first-order chi connectivity index (χ1) is 10.6. The molecule has 1 aliphatic heterocycles. The van der Waals surface area contributed by atoms with Crippen molar-refractivity contribution in [2.75, 3.05) is 6.61 Å². The van der Waals surface area contributed by atoms with Crippen LogP contribution in [-0.4, -0.2) is 34.1 Å². The summed E-state index contributed by atoms with van der Waals surface area (Å²) < 4.78 is 5.46. The quantitative estimate of drug-likeness (QED) is 0.804. The fourth-order valence-electron chi connectivity index (χ4n) is 2.92. The zero-order chi connectivity index (χ0) is 15.6. The molecule has 0 bridgehead atoms. The van der Waals surface area contributed by atoms with E-state index in [4.69, 9.17) is 4.74 Å². The second-order valence-corrected chi connectivity index (χ2v) is 5.67. The molecule has 3 unspecified atom stereocenters. The lowest BCUT2D eigenvalue weighted by molar-refractivity contribution is -0.309. The van der Waals surface area contributed by atoms with E-state index in [1.807, 2.05) is 42.5 Å². The van der Waals surface area contributed by atoms with E-state index in [0.717, 1.165) is 11.1 Å². The number of benzene rings is 2. The van der Waals surface area contributed by atoms with Crippen LogP contribution in [0.4, 0.5) is 0 Å². The zero-order valence-electron chi connectivity index (χ0n) is 12.2. The Kier molecular flexibility index (Phi) is 4.27. The molecule has 0 amide bonds. The van der Waals surface area contributed by atoms with Gasteiger partial charge in [-0.15, -0.1) is 0 Å². The molecule has 0 spiro atoms. The first-order valence-electron chi connectivity index (χ1n) is 7.46. The van der Waals surface area contributed by atoms with E-state index in [2.05, 4.69) is 0 Å². The Labute approximate surface area is 129 Å². The van der Waals surface area contributed by atoms with Crippen molar-refractivity contribution >= 4 is 0 Å². The first-order valence-corrected chi connectivity index (χ1v) is 7.46. The maximum atomic E-state index is 10.8. The fourth-order valence-corrected chi connectivity index (χ4v) is 2.92. The van der Waals surface area contributed by atoms with Crippen molar-refractivity contribution in [2.45, 2.75) is 30.8 Å². The average Bonchev–Trinajstić information content (AvgIpc) is 2.54. The molecule has 4 nitrogen and oxygen atoms in total. The Morgan fingerprint density at radius 2 is 1.68 bits per heavy atom. The van der Waals surface area contributed by atoms with Crippen LogP contribution < -0.4 is 0 Å². The highest BCUT2D eigenvalue weighted by Gasteiger charge is 2.46. The van der Waals surface area contributed by atoms with Crippen molar-refractivity contribution < 1.29 is 20.1 Å². The standard InChI is InChI=1S/C18H20O4/c19-16-10-11-22-18(21,17(16)20)15-9-5-4-8-14(15)12-13-6-2-1-3-7-13/h1-9,16-17,19-21H,10-12H2. The van der Waals surface area contributed by atoms with Gasteiger partial charge in [0.05, 0.1) is 12.7 Å². The van der Waals surface area contributed by atoms with Crippen molar-refractivity contribution in [1.82, 2.24) is 0 Å². The Hall–Kier alpha value is -1.72. The van der Waals surface area contributed by atoms with Crippen LogP contribution in [0, 0.1) is 0 Å². The number of aliphatic hydroxyl groups excluding tert-OH is 2. The predicted molar refractivity (Wildman–Crippen MR) is 82.2 cm³/mol. The van der Waals surface area contributed by atoms with Gasteiger partial charge in [0.2, 0.25) is 5.79 Å². The summed E-state index contributed by atoms with van der Waals surface area (Å²) in [6.07, 6.45) is -1.43. The second kappa shape index (κ2) is 6.18. The molecule has 0 radical (unpaired) electrons. The lowest BCUT2D eigenvalue weighted by Gasteiger charge is -2.40. The fraction of sp³-hybridized carbons (Fsp3) is 0.333. The van der Waals surface area contributed by atoms with Gasteiger partial charge >= 0.3 is 0 Å². The monoisotopic (exact) mass is 300 g/mol. The Morgan fingerprint density at radius 3 is 2.45 bits per heavy atom. The van der Waals surface area contributed by atoms with Crippen molar-refractivity contribution in [3.05, 3.63) is 71.3 Å². The van der Waals surface area contributed by atoms with E-state index in [1.165, 1.54) is 0 Å². The van der Waals surface area contributed by atoms with Gasteiger partial charge < -0.3 is 20.1 Å². The third-order valence-electron chi connectivity index (χ3n) is 4.14. The molecule has 0 aromatic heterocycles. The molecule has 0 aliphatic carbocycles. The molecular formula is C18H20O4. The molecule has 1 aliphatic rings. The summed E-state index contributed by atoms with van der Waals surface area (Å²) in [5, 5.41) is 30.9. The summed E-state index contributed by atoms with van der Waals surface area (Å²) in [5.74, 6) is -1.87. The molecule has 4 heteroatoms. The van der Waals surface area contributed by atoms with Crippen LogP contribution in [0.3, 0.4) is 0 Å². The first kappa shape index (κ1) is 15.2. The van der Waals surface area contributed by atoms with Gasteiger partial charge in [-0.05, 0) is 24.0 Å². The topological polar surface area (TPSA) is 69.9 Å². The Morgan fingerprint density at radius 1 is 1.00 bits per heavy atom. The summed E-state index contributed by atoms with van der Waals surface area (Å²) in [7, 11) is 0. The molecule has 3 N–H and O–H groups in total. The van der Waals surface area contributed by atoms with E-state index in [0.29, 0.717) is 18.4 Å². The third kappa shape index (κ3) is 2.78. The summed E-state index contributed by atoms with van der Waals surface area (Å²) in [4.78, 5) is 0. The van der Waals surface area contributed by atoms with E-state index in [-0.39, 0.29) is 6.61 Å². The van der Waals surface area contributed by atoms with Crippen LogP contribution in [0.25, 0.3) is 0 Å². The maximum Gasteiger partial charge on any atom is 0.222 e. The van der Waals surface area contributed by atoms with Gasteiger partial charge in [-0.3, -0.25) is 0 Å². The van der Waals surface area contributed by atoms with Crippen molar-refractivity contribution in [3.8, 4) is 0 Å². The second-order valence-electron chi connectivity index (χ2n) is 5.67. The van der Waals surface area contributed by atoms with Gasteiger partial charge in [-0.2, -0.15) is 0 Å². The molecule has 3 atom stereocenters. The van der Waals surface area contributed by atoms with E-state index < -0.39 is 18.0 Å². The normalized spacial score (nSPS) is 28.5. The molecule has 2 aromatic rings. The summed E-state index contributed by atoms with van der Waals surface area (Å²) >= 11 is 0. The smallest absolute Gasteiger partial charge is 0.222 e. The highest BCUT2D eigenvalue weighted by molar-refractivity contribution is 5.36. The van der Waals surface area contributed by atoms with Crippen LogP contribution >= 0.6 is 0 Å². The predicted octanol–water partition coefficient (Wildman–Crippen LogP) is 1.56. The maximum absolute atomic E-state index is 10.8. The van der Waals surface area contributed by atoms with Crippen LogP contribution in [0.15, 0.2) is 54.6 Å². The lowest BCUT2D eigenvalue weighted by Crippen LogP contribution is -2.53. The summed E-state index contributed by atoms with van der Waals surface area (Å²) in [6, 6.07) is 17.2. The van der Waals surface area contributed by atoms with Gasteiger partial charge in [-0.1, -0.05) is 54.6 Å². The molecular weight excluding hydrogens is 280 g/mol. The minimum Gasteiger partial charge on any atom is -0.390 e. The van der Waals surface area contributed by atoms with Crippen molar-refractivity contribution in [3.63, 3.8) is 0 Å². The third-order valence-corrected chi connectivity index (χ3v) is 4.14. The summed E-state index contributed by atoms with van der Waals surface area (Å²) in [6.45, 7) is 0.203. The molecule has 22 heavy (non-hydrogen) atoms. The van der Waals surface area contributed by atoms with Gasteiger partial charge in [0, 0.05) is 5.56 Å². The van der Waals surface area contributed by atoms with Crippen LogP contribution in [0.5, 0.6) is 0 Å². The number of rotatable bonds is 3. The van der Waals surface area contributed by atoms with E-state index in [1.54, 1.807) is 12.1 Å². The Balaban J connectivity index is 1.97. The molecule has 1 saturated heterocycles. The highest BCUT2D eigenvalue weighted by Crippen LogP contribution is 2.35. The van der Waals surface area contributed by atoms with Gasteiger partial charge in [0.1, 0.15) is 6.10 Å². The lowest BCUT2D eigenvalue weighted by atomic mass is 9.87. The van der Waals surface area contributed by atoms with Crippen LogP contribution in [0.1, 0.15) is 23.1 Å². The van der Waals surface area contributed by atoms with Gasteiger partial charge in [-0.25, -0.2) is 0 Å². The van der Waals surface area contributed by atoms with Crippen LogP contribution in [0.2, 0.25) is 0 Å².